The molecule has 0 aliphatic carbocycles. The SMILES string of the molecule is CCC/C=C/C(=C=CCCCCC)CCC. The largest absolute Gasteiger partial charge is 0.122 e. The molecule has 0 rings (SSSR count). The lowest BCUT2D eigenvalue weighted by molar-refractivity contribution is 0.729. The molecule has 0 heteroatoms. The molecule has 0 atom stereocenters. The quantitative estimate of drug-likeness (QED) is 0.261. The van der Waals surface area contributed by atoms with E-state index < -0.39 is 0 Å². The highest BCUT2D eigenvalue weighted by atomic mass is 13.9. The number of rotatable bonds is 9. The van der Waals surface area contributed by atoms with Crippen LogP contribution < -0.4 is 0 Å². The summed E-state index contributed by atoms with van der Waals surface area (Å²) in [6, 6.07) is 0. The molecule has 0 N–H and O–H groups in total. The first kappa shape index (κ1) is 15.3. The molecular weight excluding hydrogens is 192 g/mol. The molecule has 0 heterocycles. The molecule has 0 bridgehead atoms. The lowest BCUT2D eigenvalue weighted by Crippen LogP contribution is -1.76. The van der Waals surface area contributed by atoms with E-state index in [1.165, 1.54) is 50.5 Å². The maximum absolute atomic E-state index is 3.44. The van der Waals surface area contributed by atoms with Crippen LogP contribution in [0.1, 0.15) is 72.1 Å². The van der Waals surface area contributed by atoms with Crippen molar-refractivity contribution in [3.8, 4) is 0 Å². The summed E-state index contributed by atoms with van der Waals surface area (Å²) >= 11 is 0. The van der Waals surface area contributed by atoms with E-state index in [0.717, 1.165) is 6.42 Å². The Labute approximate surface area is 102 Å². The summed E-state index contributed by atoms with van der Waals surface area (Å²) in [7, 11) is 0. The van der Waals surface area contributed by atoms with Crippen LogP contribution >= 0.6 is 0 Å². The smallest absolute Gasteiger partial charge is 0.00670 e. The molecule has 0 unspecified atom stereocenters. The van der Waals surface area contributed by atoms with E-state index in [2.05, 4.69) is 44.7 Å². The minimum absolute atomic E-state index is 1.16. The van der Waals surface area contributed by atoms with Gasteiger partial charge in [-0.1, -0.05) is 58.6 Å². The van der Waals surface area contributed by atoms with Crippen molar-refractivity contribution in [1.82, 2.24) is 0 Å². The van der Waals surface area contributed by atoms with E-state index in [9.17, 15) is 0 Å². The highest BCUT2D eigenvalue weighted by molar-refractivity contribution is 5.17. The fraction of sp³-hybridized carbons (Fsp3) is 0.688. The highest BCUT2D eigenvalue weighted by Crippen LogP contribution is 2.07. The first-order valence-corrected chi connectivity index (χ1v) is 6.95. The Kier molecular flexibility index (Phi) is 11.8. The summed E-state index contributed by atoms with van der Waals surface area (Å²) in [6.45, 7) is 6.69. The van der Waals surface area contributed by atoms with Crippen LogP contribution in [0, 0.1) is 0 Å². The lowest BCUT2D eigenvalue weighted by atomic mass is 10.1. The topological polar surface area (TPSA) is 0 Å². The lowest BCUT2D eigenvalue weighted by Gasteiger charge is -1.95. The van der Waals surface area contributed by atoms with Crippen LogP contribution in [0.15, 0.2) is 29.5 Å². The monoisotopic (exact) mass is 220 g/mol. The van der Waals surface area contributed by atoms with Crippen molar-refractivity contribution >= 4 is 0 Å². The van der Waals surface area contributed by atoms with Gasteiger partial charge in [0.15, 0.2) is 0 Å². The molecule has 0 saturated carbocycles. The van der Waals surface area contributed by atoms with Crippen LogP contribution in [-0.2, 0) is 0 Å². The van der Waals surface area contributed by atoms with Crippen LogP contribution in [0.3, 0.4) is 0 Å². The number of hydrogen-bond donors (Lipinski definition) is 0. The first-order valence-electron chi connectivity index (χ1n) is 6.95. The number of unbranched alkanes of at least 4 members (excludes halogenated alkanes) is 4. The summed E-state index contributed by atoms with van der Waals surface area (Å²) in [5.41, 5.74) is 4.81. The standard InChI is InChI=1S/C16H28/c1-4-7-9-10-12-15-16(13-6-3)14-11-8-5-2/h11-12,14H,4-10,13H2,1-3H3/b14-11+. The Bertz CT molecular complexity index is 226. The molecule has 0 aliphatic heterocycles. The molecule has 92 valence electrons. The van der Waals surface area contributed by atoms with Crippen LogP contribution in [0.2, 0.25) is 0 Å². The van der Waals surface area contributed by atoms with Gasteiger partial charge in [0.05, 0.1) is 0 Å². The van der Waals surface area contributed by atoms with Gasteiger partial charge in [-0.2, -0.15) is 0 Å². The predicted octanol–water partition coefficient (Wildman–Crippen LogP) is 5.80. The van der Waals surface area contributed by atoms with Gasteiger partial charge < -0.3 is 0 Å². The van der Waals surface area contributed by atoms with Gasteiger partial charge in [-0.25, -0.2) is 0 Å². The van der Waals surface area contributed by atoms with E-state index in [-0.39, 0.29) is 0 Å². The fourth-order valence-electron chi connectivity index (χ4n) is 1.56. The van der Waals surface area contributed by atoms with E-state index in [1.54, 1.807) is 0 Å². The van der Waals surface area contributed by atoms with Crippen molar-refractivity contribution in [2.45, 2.75) is 72.1 Å². The molecule has 0 aromatic carbocycles. The normalized spacial score (nSPS) is 10.4. The molecule has 0 spiro atoms. The summed E-state index contributed by atoms with van der Waals surface area (Å²) in [5, 5.41) is 0. The minimum atomic E-state index is 1.16. The van der Waals surface area contributed by atoms with E-state index in [4.69, 9.17) is 0 Å². The zero-order valence-corrected chi connectivity index (χ0v) is 11.4. The molecule has 0 fully saturated rings. The Morgan fingerprint density at radius 1 is 0.938 bits per heavy atom. The third kappa shape index (κ3) is 9.80. The fourth-order valence-corrected chi connectivity index (χ4v) is 1.56. The maximum Gasteiger partial charge on any atom is -0.00670 e. The minimum Gasteiger partial charge on any atom is -0.122 e. The second kappa shape index (κ2) is 12.3. The Morgan fingerprint density at radius 3 is 2.38 bits per heavy atom. The first-order chi connectivity index (χ1) is 7.85. The van der Waals surface area contributed by atoms with Crippen molar-refractivity contribution in [2.75, 3.05) is 0 Å². The van der Waals surface area contributed by atoms with Crippen LogP contribution in [-0.4, -0.2) is 0 Å². The molecule has 0 aliphatic rings. The number of allylic oxidation sites excluding steroid dienone is 3. The molecule has 0 saturated heterocycles. The van der Waals surface area contributed by atoms with Gasteiger partial charge in [-0.3, -0.25) is 0 Å². The van der Waals surface area contributed by atoms with Gasteiger partial charge in [0.1, 0.15) is 0 Å². The van der Waals surface area contributed by atoms with Crippen LogP contribution in [0.5, 0.6) is 0 Å². The molecular formula is C16H28. The van der Waals surface area contributed by atoms with E-state index >= 15 is 0 Å². The van der Waals surface area contributed by atoms with Crippen molar-refractivity contribution in [3.63, 3.8) is 0 Å². The molecule has 0 aromatic rings. The Balaban J connectivity index is 4.10. The molecule has 16 heavy (non-hydrogen) atoms. The Morgan fingerprint density at radius 2 is 1.75 bits per heavy atom. The van der Waals surface area contributed by atoms with Crippen molar-refractivity contribution in [2.24, 2.45) is 0 Å². The van der Waals surface area contributed by atoms with Gasteiger partial charge in [0.25, 0.3) is 0 Å². The Hall–Kier alpha value is -0.740. The zero-order chi connectivity index (χ0) is 12.1. The summed E-state index contributed by atoms with van der Waals surface area (Å²) in [5.74, 6) is 0. The van der Waals surface area contributed by atoms with Gasteiger partial charge in [-0.15, -0.1) is 5.73 Å². The average molecular weight is 220 g/mol. The van der Waals surface area contributed by atoms with Crippen molar-refractivity contribution in [3.05, 3.63) is 29.5 Å². The second-order valence-electron chi connectivity index (χ2n) is 4.31. The van der Waals surface area contributed by atoms with Gasteiger partial charge in [0, 0.05) is 0 Å². The molecule has 0 amide bonds. The maximum atomic E-state index is 3.44. The number of hydrogen-bond acceptors (Lipinski definition) is 0. The highest BCUT2D eigenvalue weighted by Gasteiger charge is 1.88. The predicted molar refractivity (Wildman–Crippen MR) is 74.7 cm³/mol. The molecule has 0 radical (unpaired) electrons. The van der Waals surface area contributed by atoms with Gasteiger partial charge in [-0.05, 0) is 37.3 Å². The van der Waals surface area contributed by atoms with Gasteiger partial charge in [0.2, 0.25) is 0 Å². The third-order valence-electron chi connectivity index (χ3n) is 2.53. The third-order valence-corrected chi connectivity index (χ3v) is 2.53. The van der Waals surface area contributed by atoms with E-state index in [0.29, 0.717) is 0 Å². The molecule has 0 nitrogen and oxygen atoms in total. The van der Waals surface area contributed by atoms with Crippen molar-refractivity contribution < 1.29 is 0 Å². The average Bonchev–Trinajstić information content (AvgIpc) is 2.29. The van der Waals surface area contributed by atoms with Crippen LogP contribution in [0.25, 0.3) is 0 Å². The molecule has 0 aromatic heterocycles. The summed E-state index contributed by atoms with van der Waals surface area (Å²) < 4.78 is 0. The van der Waals surface area contributed by atoms with Gasteiger partial charge >= 0.3 is 0 Å². The summed E-state index contributed by atoms with van der Waals surface area (Å²) in [6.07, 6.45) is 16.7. The van der Waals surface area contributed by atoms with E-state index in [1.807, 2.05) is 0 Å². The van der Waals surface area contributed by atoms with Crippen molar-refractivity contribution in [1.29, 1.82) is 0 Å². The summed E-state index contributed by atoms with van der Waals surface area (Å²) in [4.78, 5) is 0. The zero-order valence-electron chi connectivity index (χ0n) is 11.4. The second-order valence-corrected chi connectivity index (χ2v) is 4.31. The van der Waals surface area contributed by atoms with Crippen LogP contribution in [0.4, 0.5) is 0 Å².